The third-order valence-electron chi connectivity index (χ3n) is 4.14. The van der Waals surface area contributed by atoms with Crippen molar-refractivity contribution < 1.29 is 14.0 Å². The molecule has 0 radical (unpaired) electrons. The van der Waals surface area contributed by atoms with Gasteiger partial charge in [0.2, 0.25) is 11.8 Å². The van der Waals surface area contributed by atoms with Crippen molar-refractivity contribution in [1.29, 1.82) is 0 Å². The van der Waals surface area contributed by atoms with Gasteiger partial charge in [-0.3, -0.25) is 14.2 Å². The Hall–Kier alpha value is -2.57. The molecule has 23 heavy (non-hydrogen) atoms. The second-order valence-corrected chi connectivity index (χ2v) is 5.73. The SMILES string of the molecule is CC(C(=O)N[C@H]1CCCCNC1=O)n1c(=O)oc2ccccc21. The van der Waals surface area contributed by atoms with Gasteiger partial charge in [0, 0.05) is 6.54 Å². The van der Waals surface area contributed by atoms with Crippen LogP contribution >= 0.6 is 0 Å². The molecule has 1 aromatic heterocycles. The summed E-state index contributed by atoms with van der Waals surface area (Å²) in [6.07, 6.45) is 2.37. The van der Waals surface area contributed by atoms with Gasteiger partial charge >= 0.3 is 5.76 Å². The zero-order chi connectivity index (χ0) is 16.4. The largest absolute Gasteiger partial charge is 0.420 e. The van der Waals surface area contributed by atoms with E-state index in [0.29, 0.717) is 24.1 Å². The molecule has 2 heterocycles. The van der Waals surface area contributed by atoms with E-state index in [1.807, 2.05) is 0 Å². The number of hydrogen-bond donors (Lipinski definition) is 2. The lowest BCUT2D eigenvalue weighted by Gasteiger charge is -2.19. The number of carbonyl (C=O) groups is 2. The molecule has 2 aromatic rings. The molecule has 1 saturated heterocycles. The minimum atomic E-state index is -0.762. The van der Waals surface area contributed by atoms with Crippen LogP contribution in [-0.4, -0.2) is 29.0 Å². The second-order valence-electron chi connectivity index (χ2n) is 5.73. The number of oxazole rings is 1. The number of benzene rings is 1. The lowest BCUT2D eigenvalue weighted by Crippen LogP contribution is -2.47. The average Bonchev–Trinajstić information content (AvgIpc) is 2.74. The topological polar surface area (TPSA) is 93.3 Å². The molecule has 1 unspecified atom stereocenters. The van der Waals surface area contributed by atoms with E-state index in [4.69, 9.17) is 4.42 Å². The molecule has 0 bridgehead atoms. The summed E-state index contributed by atoms with van der Waals surface area (Å²) in [5.74, 6) is -1.13. The summed E-state index contributed by atoms with van der Waals surface area (Å²) in [5, 5.41) is 5.51. The smallest absolute Gasteiger partial charge is 0.408 e. The van der Waals surface area contributed by atoms with Gasteiger partial charge in [0.05, 0.1) is 5.52 Å². The first-order chi connectivity index (χ1) is 11.1. The first-order valence-electron chi connectivity index (χ1n) is 7.76. The summed E-state index contributed by atoms with van der Waals surface area (Å²) < 4.78 is 6.45. The van der Waals surface area contributed by atoms with Crippen molar-refractivity contribution >= 4 is 22.9 Å². The molecule has 2 atom stereocenters. The quantitative estimate of drug-likeness (QED) is 0.881. The fourth-order valence-electron chi connectivity index (χ4n) is 2.84. The van der Waals surface area contributed by atoms with Crippen LogP contribution in [0, 0.1) is 0 Å². The number of aromatic nitrogens is 1. The summed E-state index contributed by atoms with van der Waals surface area (Å²) in [7, 11) is 0. The maximum atomic E-state index is 12.5. The Bertz CT molecular complexity index is 792. The van der Waals surface area contributed by atoms with Crippen LogP contribution in [0.2, 0.25) is 0 Å². The number of carbonyl (C=O) groups excluding carboxylic acids is 2. The monoisotopic (exact) mass is 317 g/mol. The fourth-order valence-corrected chi connectivity index (χ4v) is 2.84. The molecule has 1 aliphatic heterocycles. The molecule has 7 heteroatoms. The van der Waals surface area contributed by atoms with Crippen molar-refractivity contribution in [2.24, 2.45) is 0 Å². The number of nitrogens with one attached hydrogen (secondary N) is 2. The maximum absolute atomic E-state index is 12.5. The van der Waals surface area contributed by atoms with Gasteiger partial charge in [0.1, 0.15) is 12.1 Å². The summed E-state index contributed by atoms with van der Waals surface area (Å²) in [4.78, 5) is 36.4. The average molecular weight is 317 g/mol. The van der Waals surface area contributed by atoms with Crippen LogP contribution in [0.15, 0.2) is 33.5 Å². The summed E-state index contributed by atoms with van der Waals surface area (Å²) in [6, 6.07) is 5.62. The van der Waals surface area contributed by atoms with E-state index < -0.39 is 17.8 Å². The van der Waals surface area contributed by atoms with Crippen LogP contribution in [0.4, 0.5) is 0 Å². The van der Waals surface area contributed by atoms with E-state index in [9.17, 15) is 14.4 Å². The molecule has 0 aliphatic carbocycles. The van der Waals surface area contributed by atoms with E-state index in [2.05, 4.69) is 10.6 Å². The lowest BCUT2D eigenvalue weighted by atomic mass is 10.1. The van der Waals surface area contributed by atoms with Gasteiger partial charge in [0.15, 0.2) is 5.58 Å². The third-order valence-corrected chi connectivity index (χ3v) is 4.14. The molecule has 3 rings (SSSR count). The van der Waals surface area contributed by atoms with Crippen molar-refractivity contribution in [3.8, 4) is 0 Å². The molecule has 2 N–H and O–H groups in total. The van der Waals surface area contributed by atoms with Crippen molar-refractivity contribution in [3.05, 3.63) is 34.8 Å². The number of nitrogens with zero attached hydrogens (tertiary/aromatic N) is 1. The lowest BCUT2D eigenvalue weighted by molar-refractivity contribution is -0.130. The standard InChI is InChI=1S/C16H19N3O4/c1-10(14(20)18-11-6-4-5-9-17-15(11)21)19-12-7-2-3-8-13(12)23-16(19)22/h2-3,7-8,10-11H,4-6,9H2,1H3,(H,17,21)(H,18,20)/t10?,11-/m0/s1. The molecule has 7 nitrogen and oxygen atoms in total. The molecule has 1 fully saturated rings. The van der Waals surface area contributed by atoms with Crippen LogP contribution in [0.5, 0.6) is 0 Å². The number of para-hydroxylation sites is 2. The molecular formula is C16H19N3O4. The molecule has 1 aliphatic rings. The molecule has 1 aromatic carbocycles. The third kappa shape index (κ3) is 2.99. The van der Waals surface area contributed by atoms with Crippen LogP contribution in [0.3, 0.4) is 0 Å². The Kier molecular flexibility index (Phi) is 4.18. The van der Waals surface area contributed by atoms with Crippen LogP contribution in [-0.2, 0) is 9.59 Å². The van der Waals surface area contributed by atoms with Gasteiger partial charge in [-0.05, 0) is 38.3 Å². The highest BCUT2D eigenvalue weighted by atomic mass is 16.4. The van der Waals surface area contributed by atoms with E-state index >= 15 is 0 Å². The number of hydrogen-bond acceptors (Lipinski definition) is 4. The van der Waals surface area contributed by atoms with E-state index in [1.54, 1.807) is 31.2 Å². The number of fused-ring (bicyclic) bond motifs is 1. The van der Waals surface area contributed by atoms with Crippen LogP contribution in [0.1, 0.15) is 32.2 Å². The highest BCUT2D eigenvalue weighted by molar-refractivity contribution is 5.89. The highest BCUT2D eigenvalue weighted by Gasteiger charge is 2.27. The summed E-state index contributed by atoms with van der Waals surface area (Å²) in [5.41, 5.74) is 0.995. The van der Waals surface area contributed by atoms with Gasteiger partial charge in [-0.2, -0.15) is 0 Å². The van der Waals surface area contributed by atoms with E-state index in [-0.39, 0.29) is 11.8 Å². The summed E-state index contributed by atoms with van der Waals surface area (Å²) >= 11 is 0. The van der Waals surface area contributed by atoms with Gasteiger partial charge in [-0.25, -0.2) is 4.79 Å². The molecule has 0 spiro atoms. The number of amides is 2. The molecule has 122 valence electrons. The van der Waals surface area contributed by atoms with Gasteiger partial charge < -0.3 is 15.1 Å². The van der Waals surface area contributed by atoms with Gasteiger partial charge in [0.25, 0.3) is 0 Å². The Morgan fingerprint density at radius 1 is 1.35 bits per heavy atom. The van der Waals surface area contributed by atoms with E-state index in [1.165, 1.54) is 4.57 Å². The van der Waals surface area contributed by atoms with Crippen molar-refractivity contribution in [2.45, 2.75) is 38.3 Å². The van der Waals surface area contributed by atoms with Crippen molar-refractivity contribution in [1.82, 2.24) is 15.2 Å². The fraction of sp³-hybridized carbons (Fsp3) is 0.438. The number of rotatable bonds is 3. The van der Waals surface area contributed by atoms with Crippen molar-refractivity contribution in [3.63, 3.8) is 0 Å². The van der Waals surface area contributed by atoms with E-state index in [0.717, 1.165) is 12.8 Å². The molecular weight excluding hydrogens is 298 g/mol. The van der Waals surface area contributed by atoms with Crippen molar-refractivity contribution in [2.75, 3.05) is 6.54 Å². The minimum Gasteiger partial charge on any atom is -0.408 e. The first kappa shape index (κ1) is 15.3. The minimum absolute atomic E-state index is 0.174. The van der Waals surface area contributed by atoms with Crippen LogP contribution < -0.4 is 16.4 Å². The summed E-state index contributed by atoms with van der Waals surface area (Å²) in [6.45, 7) is 2.25. The predicted molar refractivity (Wildman–Crippen MR) is 84.0 cm³/mol. The Morgan fingerprint density at radius 2 is 2.13 bits per heavy atom. The maximum Gasteiger partial charge on any atom is 0.420 e. The second kappa shape index (κ2) is 6.28. The highest BCUT2D eigenvalue weighted by Crippen LogP contribution is 2.17. The zero-order valence-electron chi connectivity index (χ0n) is 12.9. The Balaban J connectivity index is 1.82. The predicted octanol–water partition coefficient (Wildman–Crippen LogP) is 0.940. The zero-order valence-corrected chi connectivity index (χ0v) is 12.9. The van der Waals surface area contributed by atoms with Gasteiger partial charge in [-0.15, -0.1) is 0 Å². The molecule has 2 amide bonds. The molecule has 0 saturated carbocycles. The van der Waals surface area contributed by atoms with Gasteiger partial charge in [-0.1, -0.05) is 12.1 Å². The first-order valence-corrected chi connectivity index (χ1v) is 7.76. The normalized spacial score (nSPS) is 19.9. The Morgan fingerprint density at radius 3 is 2.96 bits per heavy atom. The van der Waals surface area contributed by atoms with Crippen LogP contribution in [0.25, 0.3) is 11.1 Å². The Labute approximate surface area is 132 Å².